The summed E-state index contributed by atoms with van der Waals surface area (Å²) in [7, 11) is -3.28. The van der Waals surface area contributed by atoms with Crippen molar-refractivity contribution in [1.82, 2.24) is 0 Å². The highest BCUT2D eigenvalue weighted by molar-refractivity contribution is 7.90. The highest BCUT2D eigenvalue weighted by atomic mass is 32.2. The summed E-state index contributed by atoms with van der Waals surface area (Å²) in [5.41, 5.74) is 6.52. The Morgan fingerprint density at radius 2 is 2.05 bits per heavy atom. The van der Waals surface area contributed by atoms with E-state index in [4.69, 9.17) is 5.73 Å². The van der Waals surface area contributed by atoms with Crippen LogP contribution in [0.15, 0.2) is 23.1 Å². The minimum absolute atomic E-state index is 0.122. The van der Waals surface area contributed by atoms with Crippen molar-refractivity contribution in [1.29, 1.82) is 0 Å². The number of nitrogens with two attached hydrogens (primary N) is 1. The standard InChI is InChI=1S/C13H18N2O3S/c1-9-3-4-10(19(2,17)18)7-11(9)15-12(16)13(8-14)5-6-13/h3-4,7H,5-6,8,14H2,1-2H3,(H,15,16). The lowest BCUT2D eigenvalue weighted by Gasteiger charge is -2.15. The summed E-state index contributed by atoms with van der Waals surface area (Å²) in [4.78, 5) is 12.3. The lowest BCUT2D eigenvalue weighted by atomic mass is 10.1. The van der Waals surface area contributed by atoms with Gasteiger partial charge >= 0.3 is 0 Å². The third-order valence-corrected chi connectivity index (χ3v) is 4.72. The molecule has 5 nitrogen and oxygen atoms in total. The topological polar surface area (TPSA) is 89.3 Å². The number of sulfone groups is 1. The largest absolute Gasteiger partial charge is 0.329 e. The van der Waals surface area contributed by atoms with E-state index in [1.807, 2.05) is 6.92 Å². The average molecular weight is 282 g/mol. The van der Waals surface area contributed by atoms with Crippen molar-refractivity contribution in [2.24, 2.45) is 11.1 Å². The average Bonchev–Trinajstić information content (AvgIpc) is 3.11. The molecule has 3 N–H and O–H groups in total. The van der Waals surface area contributed by atoms with Gasteiger partial charge in [-0.25, -0.2) is 8.42 Å². The SMILES string of the molecule is Cc1ccc(S(C)(=O)=O)cc1NC(=O)C1(CN)CC1. The van der Waals surface area contributed by atoms with Gasteiger partial charge in [-0.05, 0) is 37.5 Å². The molecular weight excluding hydrogens is 264 g/mol. The van der Waals surface area contributed by atoms with Gasteiger partial charge in [0.25, 0.3) is 0 Å². The maximum atomic E-state index is 12.1. The molecule has 104 valence electrons. The van der Waals surface area contributed by atoms with Crippen LogP contribution in [0.2, 0.25) is 0 Å². The van der Waals surface area contributed by atoms with Crippen molar-refractivity contribution < 1.29 is 13.2 Å². The Bertz CT molecular complexity index is 619. The van der Waals surface area contributed by atoms with E-state index in [2.05, 4.69) is 5.32 Å². The van der Waals surface area contributed by atoms with Crippen molar-refractivity contribution in [3.05, 3.63) is 23.8 Å². The van der Waals surface area contributed by atoms with E-state index in [0.717, 1.165) is 24.7 Å². The lowest BCUT2D eigenvalue weighted by Crippen LogP contribution is -2.31. The fourth-order valence-electron chi connectivity index (χ4n) is 1.90. The summed E-state index contributed by atoms with van der Waals surface area (Å²) in [6, 6.07) is 4.72. The quantitative estimate of drug-likeness (QED) is 0.864. The second-order valence-electron chi connectivity index (χ2n) is 5.19. The molecule has 1 saturated carbocycles. The number of amides is 1. The van der Waals surface area contributed by atoms with Gasteiger partial charge in [0.05, 0.1) is 10.3 Å². The third kappa shape index (κ3) is 2.79. The molecule has 0 saturated heterocycles. The minimum Gasteiger partial charge on any atom is -0.329 e. The highest BCUT2D eigenvalue weighted by Crippen LogP contribution is 2.45. The number of carbonyl (C=O) groups excluding carboxylic acids is 1. The number of carbonyl (C=O) groups is 1. The molecule has 19 heavy (non-hydrogen) atoms. The van der Waals surface area contributed by atoms with Gasteiger partial charge in [0.2, 0.25) is 5.91 Å². The zero-order chi connectivity index (χ0) is 14.3. The van der Waals surface area contributed by atoms with Gasteiger partial charge in [-0.1, -0.05) is 6.07 Å². The van der Waals surface area contributed by atoms with Crippen molar-refractivity contribution in [2.45, 2.75) is 24.7 Å². The first-order chi connectivity index (χ1) is 8.78. The molecule has 0 bridgehead atoms. The van der Waals surface area contributed by atoms with E-state index in [1.165, 1.54) is 12.1 Å². The number of hydrogen-bond donors (Lipinski definition) is 2. The molecule has 6 heteroatoms. The summed E-state index contributed by atoms with van der Waals surface area (Å²) >= 11 is 0. The number of aryl methyl sites for hydroxylation is 1. The zero-order valence-electron chi connectivity index (χ0n) is 11.1. The van der Waals surface area contributed by atoms with Gasteiger partial charge in [0, 0.05) is 18.5 Å². The van der Waals surface area contributed by atoms with Crippen LogP contribution in [-0.2, 0) is 14.6 Å². The summed E-state index contributed by atoms with van der Waals surface area (Å²) in [5, 5.41) is 2.79. The fourth-order valence-corrected chi connectivity index (χ4v) is 2.54. The van der Waals surface area contributed by atoms with Crippen molar-refractivity contribution in [3.8, 4) is 0 Å². The van der Waals surface area contributed by atoms with Crippen LogP contribution < -0.4 is 11.1 Å². The summed E-state index contributed by atoms with van der Waals surface area (Å²) in [6.45, 7) is 2.15. The van der Waals surface area contributed by atoms with E-state index in [9.17, 15) is 13.2 Å². The molecule has 0 atom stereocenters. The van der Waals surface area contributed by atoms with Gasteiger partial charge in [-0.2, -0.15) is 0 Å². The molecule has 2 rings (SSSR count). The van der Waals surface area contributed by atoms with Crippen LogP contribution in [0.25, 0.3) is 0 Å². The third-order valence-electron chi connectivity index (χ3n) is 3.61. The minimum atomic E-state index is -3.28. The molecule has 0 heterocycles. The predicted octanol–water partition coefficient (Wildman–Crippen LogP) is 1.08. The molecule has 1 aromatic rings. The number of nitrogens with one attached hydrogen (secondary N) is 1. The lowest BCUT2D eigenvalue weighted by molar-refractivity contribution is -0.120. The maximum absolute atomic E-state index is 12.1. The summed E-state index contributed by atoms with van der Waals surface area (Å²) in [5.74, 6) is -0.122. The predicted molar refractivity (Wildman–Crippen MR) is 73.6 cm³/mol. The van der Waals surface area contributed by atoms with Gasteiger partial charge in [-0.15, -0.1) is 0 Å². The van der Waals surface area contributed by atoms with E-state index in [1.54, 1.807) is 6.07 Å². The first-order valence-corrected chi connectivity index (χ1v) is 8.00. The Kier molecular flexibility index (Phi) is 3.40. The normalized spacial score (nSPS) is 17.0. The van der Waals surface area contributed by atoms with Crippen LogP contribution in [0, 0.1) is 12.3 Å². The second-order valence-corrected chi connectivity index (χ2v) is 7.20. The first-order valence-electron chi connectivity index (χ1n) is 6.11. The Labute approximate surface area is 113 Å². The molecule has 1 aliphatic rings. The molecular formula is C13H18N2O3S. The zero-order valence-corrected chi connectivity index (χ0v) is 11.9. The Balaban J connectivity index is 2.28. The number of anilines is 1. The van der Waals surface area contributed by atoms with Crippen LogP contribution in [-0.4, -0.2) is 27.1 Å². The van der Waals surface area contributed by atoms with Crippen molar-refractivity contribution in [2.75, 3.05) is 18.1 Å². The van der Waals surface area contributed by atoms with Crippen molar-refractivity contribution >= 4 is 21.4 Å². The molecule has 0 aliphatic heterocycles. The molecule has 0 aromatic heterocycles. The van der Waals surface area contributed by atoms with Gasteiger partial charge in [0.15, 0.2) is 9.84 Å². The number of hydrogen-bond acceptors (Lipinski definition) is 4. The van der Waals surface area contributed by atoms with Crippen LogP contribution in [0.5, 0.6) is 0 Å². The van der Waals surface area contributed by atoms with Crippen LogP contribution in [0.4, 0.5) is 5.69 Å². The Hall–Kier alpha value is -1.40. The number of rotatable bonds is 4. The first kappa shape index (κ1) is 14.0. The van der Waals surface area contributed by atoms with Gasteiger partial charge in [-0.3, -0.25) is 4.79 Å². The van der Waals surface area contributed by atoms with Crippen molar-refractivity contribution in [3.63, 3.8) is 0 Å². The molecule has 1 fully saturated rings. The maximum Gasteiger partial charge on any atom is 0.231 e. The molecule has 1 amide bonds. The summed E-state index contributed by atoms with van der Waals surface area (Å²) in [6.07, 6.45) is 2.73. The van der Waals surface area contributed by atoms with E-state index in [0.29, 0.717) is 12.2 Å². The monoisotopic (exact) mass is 282 g/mol. The Morgan fingerprint density at radius 1 is 1.42 bits per heavy atom. The number of benzene rings is 1. The molecule has 1 aromatic carbocycles. The van der Waals surface area contributed by atoms with Gasteiger partial charge in [0.1, 0.15) is 0 Å². The molecule has 0 unspecified atom stereocenters. The highest BCUT2D eigenvalue weighted by Gasteiger charge is 2.48. The van der Waals surface area contributed by atoms with E-state index < -0.39 is 15.3 Å². The van der Waals surface area contributed by atoms with Crippen LogP contribution in [0.1, 0.15) is 18.4 Å². The molecule has 0 spiro atoms. The molecule has 1 aliphatic carbocycles. The summed E-state index contributed by atoms with van der Waals surface area (Å²) < 4.78 is 23.0. The van der Waals surface area contributed by atoms with E-state index >= 15 is 0 Å². The van der Waals surface area contributed by atoms with Crippen LogP contribution >= 0.6 is 0 Å². The van der Waals surface area contributed by atoms with Crippen LogP contribution in [0.3, 0.4) is 0 Å². The van der Waals surface area contributed by atoms with E-state index in [-0.39, 0.29) is 10.8 Å². The second kappa shape index (κ2) is 4.61. The Morgan fingerprint density at radius 3 is 2.53 bits per heavy atom. The molecule has 0 radical (unpaired) electrons. The smallest absolute Gasteiger partial charge is 0.231 e. The fraction of sp³-hybridized carbons (Fsp3) is 0.462. The van der Waals surface area contributed by atoms with Gasteiger partial charge < -0.3 is 11.1 Å².